The molecule has 3 N–H and O–H groups in total. The second-order valence-electron chi connectivity index (χ2n) is 5.30. The Hall–Kier alpha value is -0.370. The second-order valence-corrected chi connectivity index (χ2v) is 7.75. The highest BCUT2D eigenvalue weighted by Gasteiger charge is 2.45. The number of furan rings is 1. The van der Waals surface area contributed by atoms with Crippen LogP contribution in [-0.2, 0) is 16.6 Å². The van der Waals surface area contributed by atoms with Crippen molar-refractivity contribution < 1.29 is 12.8 Å². The standard InChI is InChI=1S/C11H17BrN2O3S/c1-11(2)4-7(11)6-14-18(15,16)9-3-8(5-13)17-10(9)12/h3,7,14H,4-6,13H2,1-2H3. The molecule has 0 aromatic carbocycles. The van der Waals surface area contributed by atoms with Crippen LogP contribution in [0.1, 0.15) is 26.0 Å². The Kier molecular flexibility index (Phi) is 3.61. The van der Waals surface area contributed by atoms with Crippen molar-refractivity contribution in [2.24, 2.45) is 17.1 Å². The number of hydrogen-bond acceptors (Lipinski definition) is 4. The third-order valence-electron chi connectivity index (χ3n) is 3.43. The highest BCUT2D eigenvalue weighted by atomic mass is 79.9. The number of sulfonamides is 1. The van der Waals surface area contributed by atoms with E-state index in [-0.39, 0.29) is 21.5 Å². The van der Waals surface area contributed by atoms with Gasteiger partial charge in [-0.05, 0) is 33.7 Å². The van der Waals surface area contributed by atoms with Crippen molar-refractivity contribution in [2.45, 2.75) is 31.7 Å². The molecule has 18 heavy (non-hydrogen) atoms. The minimum atomic E-state index is -3.53. The Morgan fingerprint density at radius 1 is 1.61 bits per heavy atom. The fourth-order valence-electron chi connectivity index (χ4n) is 1.89. The van der Waals surface area contributed by atoms with Gasteiger partial charge in [-0.15, -0.1) is 0 Å². The number of hydrogen-bond donors (Lipinski definition) is 2. The Morgan fingerprint density at radius 2 is 2.22 bits per heavy atom. The van der Waals surface area contributed by atoms with Crippen LogP contribution in [0.4, 0.5) is 0 Å². The molecule has 1 aliphatic carbocycles. The van der Waals surface area contributed by atoms with Crippen LogP contribution in [0.3, 0.4) is 0 Å². The minimum absolute atomic E-state index is 0.112. The fraction of sp³-hybridized carbons (Fsp3) is 0.636. The monoisotopic (exact) mass is 336 g/mol. The van der Waals surface area contributed by atoms with Gasteiger partial charge in [-0.3, -0.25) is 0 Å². The molecule has 0 aliphatic heterocycles. The van der Waals surface area contributed by atoms with Gasteiger partial charge in [0.25, 0.3) is 0 Å². The number of nitrogens with one attached hydrogen (secondary N) is 1. The van der Waals surface area contributed by atoms with Crippen molar-refractivity contribution in [2.75, 3.05) is 6.54 Å². The van der Waals surface area contributed by atoms with Crippen LogP contribution in [0.5, 0.6) is 0 Å². The molecule has 0 spiro atoms. The van der Waals surface area contributed by atoms with Crippen LogP contribution in [-0.4, -0.2) is 15.0 Å². The molecule has 1 atom stereocenters. The summed E-state index contributed by atoms with van der Waals surface area (Å²) in [6.07, 6.45) is 1.05. The van der Waals surface area contributed by atoms with Crippen LogP contribution >= 0.6 is 15.9 Å². The van der Waals surface area contributed by atoms with Gasteiger partial charge in [0.15, 0.2) is 4.67 Å². The molecule has 1 heterocycles. The third kappa shape index (κ3) is 2.79. The first kappa shape index (κ1) is 14.0. The number of nitrogens with two attached hydrogens (primary N) is 1. The summed E-state index contributed by atoms with van der Waals surface area (Å²) in [4.78, 5) is 0.112. The van der Waals surface area contributed by atoms with E-state index >= 15 is 0 Å². The van der Waals surface area contributed by atoms with Gasteiger partial charge in [0, 0.05) is 12.6 Å². The van der Waals surface area contributed by atoms with E-state index in [1.54, 1.807) is 0 Å². The molecule has 1 aromatic heterocycles. The first-order valence-electron chi connectivity index (χ1n) is 5.74. The molecular weight excluding hydrogens is 320 g/mol. The molecule has 5 nitrogen and oxygen atoms in total. The molecule has 0 bridgehead atoms. The maximum absolute atomic E-state index is 12.1. The van der Waals surface area contributed by atoms with E-state index in [0.717, 1.165) is 6.42 Å². The Balaban J connectivity index is 2.08. The van der Waals surface area contributed by atoms with E-state index in [1.165, 1.54) is 6.07 Å². The number of rotatable bonds is 5. The smallest absolute Gasteiger partial charge is 0.244 e. The number of halogens is 1. The predicted molar refractivity (Wildman–Crippen MR) is 71.4 cm³/mol. The van der Waals surface area contributed by atoms with Crippen LogP contribution in [0.25, 0.3) is 0 Å². The molecule has 1 aliphatic rings. The minimum Gasteiger partial charge on any atom is -0.452 e. The van der Waals surface area contributed by atoms with Crippen LogP contribution in [0.15, 0.2) is 20.0 Å². The largest absolute Gasteiger partial charge is 0.452 e. The van der Waals surface area contributed by atoms with Gasteiger partial charge < -0.3 is 10.2 Å². The van der Waals surface area contributed by atoms with E-state index in [0.29, 0.717) is 18.2 Å². The molecular formula is C11H17BrN2O3S. The third-order valence-corrected chi connectivity index (χ3v) is 5.71. The highest BCUT2D eigenvalue weighted by Crippen LogP contribution is 2.51. The summed E-state index contributed by atoms with van der Waals surface area (Å²) >= 11 is 3.10. The summed E-state index contributed by atoms with van der Waals surface area (Å²) in [6.45, 7) is 4.90. The van der Waals surface area contributed by atoms with Crippen molar-refractivity contribution in [3.8, 4) is 0 Å². The summed E-state index contributed by atoms with van der Waals surface area (Å²) in [5.41, 5.74) is 5.66. The molecule has 0 radical (unpaired) electrons. The molecule has 1 saturated carbocycles. The van der Waals surface area contributed by atoms with E-state index in [4.69, 9.17) is 10.2 Å². The van der Waals surface area contributed by atoms with Crippen molar-refractivity contribution in [3.63, 3.8) is 0 Å². The van der Waals surface area contributed by atoms with Gasteiger partial charge in [0.1, 0.15) is 10.7 Å². The molecule has 2 rings (SSSR count). The SMILES string of the molecule is CC1(C)CC1CNS(=O)(=O)c1cc(CN)oc1Br. The van der Waals surface area contributed by atoms with Gasteiger partial charge in [0.2, 0.25) is 10.0 Å². The second kappa shape index (κ2) is 4.63. The summed E-state index contributed by atoms with van der Waals surface area (Å²) in [6, 6.07) is 1.45. The lowest BCUT2D eigenvalue weighted by Gasteiger charge is -2.06. The van der Waals surface area contributed by atoms with E-state index < -0.39 is 10.0 Å². The molecule has 7 heteroatoms. The topological polar surface area (TPSA) is 85.3 Å². The Bertz CT molecular complexity index is 551. The van der Waals surface area contributed by atoms with Gasteiger partial charge >= 0.3 is 0 Å². The average molecular weight is 337 g/mol. The predicted octanol–water partition coefficient (Wildman–Crippen LogP) is 1.83. The Morgan fingerprint density at radius 3 is 2.67 bits per heavy atom. The first-order valence-corrected chi connectivity index (χ1v) is 8.02. The van der Waals surface area contributed by atoms with Gasteiger partial charge in [-0.1, -0.05) is 13.8 Å². The lowest BCUT2D eigenvalue weighted by atomic mass is 10.1. The van der Waals surface area contributed by atoms with E-state index in [1.807, 2.05) is 0 Å². The van der Waals surface area contributed by atoms with E-state index in [2.05, 4.69) is 34.5 Å². The summed E-state index contributed by atoms with van der Waals surface area (Å²) in [7, 11) is -3.53. The molecule has 0 saturated heterocycles. The zero-order valence-corrected chi connectivity index (χ0v) is 12.8. The maximum atomic E-state index is 12.1. The summed E-state index contributed by atoms with van der Waals surface area (Å²) < 4.78 is 32.2. The lowest BCUT2D eigenvalue weighted by molar-refractivity contribution is 0.483. The van der Waals surface area contributed by atoms with E-state index in [9.17, 15) is 8.42 Å². The normalized spacial score (nSPS) is 22.1. The summed E-state index contributed by atoms with van der Waals surface area (Å²) in [5, 5.41) is 0. The molecule has 102 valence electrons. The fourth-order valence-corrected chi connectivity index (χ4v) is 3.97. The average Bonchev–Trinajstić information content (AvgIpc) is 2.70. The summed E-state index contributed by atoms with van der Waals surface area (Å²) in [5.74, 6) is 0.848. The Labute approximate surface area is 115 Å². The van der Waals surface area contributed by atoms with Crippen molar-refractivity contribution >= 4 is 26.0 Å². The van der Waals surface area contributed by atoms with Crippen LogP contribution in [0, 0.1) is 11.3 Å². The molecule has 1 unspecified atom stereocenters. The lowest BCUT2D eigenvalue weighted by Crippen LogP contribution is -2.26. The quantitative estimate of drug-likeness (QED) is 0.858. The molecule has 1 fully saturated rings. The van der Waals surface area contributed by atoms with Crippen LogP contribution in [0.2, 0.25) is 0 Å². The molecule has 1 aromatic rings. The van der Waals surface area contributed by atoms with Crippen molar-refractivity contribution in [3.05, 3.63) is 16.5 Å². The van der Waals surface area contributed by atoms with Crippen molar-refractivity contribution in [1.82, 2.24) is 4.72 Å². The van der Waals surface area contributed by atoms with Crippen LogP contribution < -0.4 is 10.5 Å². The molecule has 0 amide bonds. The van der Waals surface area contributed by atoms with Gasteiger partial charge in [-0.2, -0.15) is 0 Å². The zero-order valence-electron chi connectivity index (χ0n) is 10.4. The van der Waals surface area contributed by atoms with Gasteiger partial charge in [-0.25, -0.2) is 13.1 Å². The first-order chi connectivity index (χ1) is 8.26. The maximum Gasteiger partial charge on any atom is 0.244 e. The van der Waals surface area contributed by atoms with Gasteiger partial charge in [0.05, 0.1) is 6.54 Å². The van der Waals surface area contributed by atoms with Crippen molar-refractivity contribution in [1.29, 1.82) is 0 Å². The zero-order chi connectivity index (χ0) is 13.6. The highest BCUT2D eigenvalue weighted by molar-refractivity contribution is 9.10.